The van der Waals surface area contributed by atoms with Crippen molar-refractivity contribution in [2.75, 3.05) is 0 Å². The maximum Gasteiger partial charge on any atom is 0.130 e. The van der Waals surface area contributed by atoms with Gasteiger partial charge in [-0.2, -0.15) is 15.6 Å². The predicted molar refractivity (Wildman–Crippen MR) is 76.3 cm³/mol. The molecule has 0 heterocycles. The maximum absolute atomic E-state index is 8.79. The highest BCUT2D eigenvalue weighted by atomic mass is 15.1. The van der Waals surface area contributed by atoms with E-state index in [2.05, 4.69) is 10.2 Å². The molecule has 0 aliphatic heterocycles. The highest BCUT2D eigenvalue weighted by Crippen LogP contribution is 2.24. The van der Waals surface area contributed by atoms with Gasteiger partial charge >= 0.3 is 0 Å². The van der Waals surface area contributed by atoms with Gasteiger partial charge in [-0.25, -0.2) is 0 Å². The van der Waals surface area contributed by atoms with E-state index in [-0.39, 0.29) is 5.57 Å². The van der Waals surface area contributed by atoms with E-state index < -0.39 is 0 Å². The fourth-order valence-electron chi connectivity index (χ4n) is 1.55. The van der Waals surface area contributed by atoms with Gasteiger partial charge in [-0.15, -0.1) is 5.11 Å². The molecule has 0 radical (unpaired) electrons. The summed E-state index contributed by atoms with van der Waals surface area (Å²) in [5.74, 6) is 0. The Kier molecular flexibility index (Phi) is 4.37. The largest absolute Gasteiger partial charge is 0.192 e. The third-order valence-corrected chi connectivity index (χ3v) is 2.51. The molecule has 4 heteroatoms. The van der Waals surface area contributed by atoms with Crippen molar-refractivity contribution in [1.29, 1.82) is 10.5 Å². The van der Waals surface area contributed by atoms with E-state index in [0.29, 0.717) is 11.3 Å². The quantitative estimate of drug-likeness (QED) is 0.599. The molecule has 0 aliphatic rings. The van der Waals surface area contributed by atoms with E-state index in [0.717, 1.165) is 5.69 Å². The van der Waals surface area contributed by atoms with E-state index in [9.17, 15) is 0 Å². The third-order valence-electron chi connectivity index (χ3n) is 2.51. The molecule has 2 rings (SSSR count). The lowest BCUT2D eigenvalue weighted by Gasteiger charge is -1.98. The molecule has 0 saturated heterocycles. The minimum Gasteiger partial charge on any atom is -0.192 e. The van der Waals surface area contributed by atoms with Gasteiger partial charge in [-0.3, -0.25) is 0 Å². The van der Waals surface area contributed by atoms with Crippen molar-refractivity contribution < 1.29 is 0 Å². The summed E-state index contributed by atoms with van der Waals surface area (Å²) >= 11 is 0. The van der Waals surface area contributed by atoms with E-state index in [4.69, 9.17) is 10.5 Å². The summed E-state index contributed by atoms with van der Waals surface area (Å²) in [5, 5.41) is 25.9. The van der Waals surface area contributed by atoms with Gasteiger partial charge in [0.1, 0.15) is 17.7 Å². The van der Waals surface area contributed by atoms with Crippen molar-refractivity contribution in [2.24, 2.45) is 10.2 Å². The van der Waals surface area contributed by atoms with Gasteiger partial charge in [-0.1, -0.05) is 36.4 Å². The number of allylic oxidation sites excluding steroid dienone is 1. The first-order valence-electron chi connectivity index (χ1n) is 5.91. The summed E-state index contributed by atoms with van der Waals surface area (Å²) in [6.07, 6.45) is 1.50. The fraction of sp³-hybridized carbons (Fsp3) is 0. The number of nitrogens with zero attached hydrogens (tertiary/aromatic N) is 4. The molecule has 0 unspecified atom stereocenters. The highest BCUT2D eigenvalue weighted by Gasteiger charge is 2.00. The van der Waals surface area contributed by atoms with Crippen molar-refractivity contribution in [3.8, 4) is 12.1 Å². The van der Waals surface area contributed by atoms with Crippen molar-refractivity contribution in [2.45, 2.75) is 0 Å². The average molecular weight is 258 g/mol. The third kappa shape index (κ3) is 3.38. The van der Waals surface area contributed by atoms with E-state index >= 15 is 0 Å². The van der Waals surface area contributed by atoms with Gasteiger partial charge in [0.2, 0.25) is 0 Å². The van der Waals surface area contributed by atoms with Gasteiger partial charge in [0, 0.05) is 5.56 Å². The standard InChI is InChI=1S/C16H10N4/c17-11-13(12-18)10-14-6-4-5-9-16(14)20-19-15-7-2-1-3-8-15/h1-10H. The molecule has 0 spiro atoms. The average Bonchev–Trinajstić information content (AvgIpc) is 2.52. The summed E-state index contributed by atoms with van der Waals surface area (Å²) in [7, 11) is 0. The molecule has 0 atom stereocenters. The molecule has 0 aromatic heterocycles. The van der Waals surface area contributed by atoms with Crippen LogP contribution in [-0.2, 0) is 0 Å². The summed E-state index contributed by atoms with van der Waals surface area (Å²) in [4.78, 5) is 0. The molecule has 0 aliphatic carbocycles. The molecule has 0 fully saturated rings. The fourth-order valence-corrected chi connectivity index (χ4v) is 1.55. The van der Waals surface area contributed by atoms with Crippen molar-refractivity contribution in [3.05, 3.63) is 65.7 Å². The normalized spacial score (nSPS) is 9.70. The first kappa shape index (κ1) is 13.2. The first-order valence-corrected chi connectivity index (χ1v) is 5.91. The second-order valence-electron chi connectivity index (χ2n) is 3.88. The summed E-state index contributed by atoms with van der Waals surface area (Å²) in [6.45, 7) is 0. The van der Waals surface area contributed by atoms with E-state index in [1.807, 2.05) is 54.6 Å². The molecule has 0 bridgehead atoms. The number of nitriles is 2. The minimum absolute atomic E-state index is 0.0346. The summed E-state index contributed by atoms with van der Waals surface area (Å²) in [5.41, 5.74) is 2.07. The maximum atomic E-state index is 8.79. The summed E-state index contributed by atoms with van der Waals surface area (Å²) in [6, 6.07) is 20.2. The number of azo groups is 1. The topological polar surface area (TPSA) is 72.3 Å². The molecule has 0 saturated carbocycles. The van der Waals surface area contributed by atoms with E-state index in [1.54, 1.807) is 12.1 Å². The second kappa shape index (κ2) is 6.63. The molecule has 2 aromatic carbocycles. The molecule has 4 nitrogen and oxygen atoms in total. The first-order chi connectivity index (χ1) is 9.83. The van der Waals surface area contributed by atoms with Crippen molar-refractivity contribution >= 4 is 17.5 Å². The molecule has 94 valence electrons. The Morgan fingerprint density at radius 1 is 0.850 bits per heavy atom. The number of rotatable bonds is 3. The zero-order chi connectivity index (χ0) is 14.2. The van der Waals surface area contributed by atoms with E-state index in [1.165, 1.54) is 6.08 Å². The Hall–Kier alpha value is -3.24. The lowest BCUT2D eigenvalue weighted by molar-refractivity contribution is 1.23. The molecular weight excluding hydrogens is 248 g/mol. The number of hydrogen-bond acceptors (Lipinski definition) is 4. The highest BCUT2D eigenvalue weighted by molar-refractivity contribution is 5.70. The molecule has 2 aromatic rings. The lowest BCUT2D eigenvalue weighted by atomic mass is 10.1. The van der Waals surface area contributed by atoms with Crippen LogP contribution >= 0.6 is 0 Å². The van der Waals surface area contributed by atoms with Crippen LogP contribution in [0.15, 0.2) is 70.4 Å². The minimum atomic E-state index is 0.0346. The molecule has 0 amide bonds. The van der Waals surface area contributed by atoms with Crippen molar-refractivity contribution in [3.63, 3.8) is 0 Å². The SMILES string of the molecule is N#CC(C#N)=Cc1ccccc1N=Nc1ccccc1. The molecular formula is C16H10N4. The molecule has 20 heavy (non-hydrogen) atoms. The van der Waals surface area contributed by atoms with Crippen LogP contribution in [-0.4, -0.2) is 0 Å². The summed E-state index contributed by atoms with van der Waals surface area (Å²) < 4.78 is 0. The van der Waals surface area contributed by atoms with Crippen LogP contribution in [0, 0.1) is 22.7 Å². The molecule has 0 N–H and O–H groups in total. The van der Waals surface area contributed by atoms with Crippen molar-refractivity contribution in [1.82, 2.24) is 0 Å². The lowest BCUT2D eigenvalue weighted by Crippen LogP contribution is -1.77. The van der Waals surface area contributed by atoms with Gasteiger partial charge in [0.05, 0.1) is 11.4 Å². The Balaban J connectivity index is 2.35. The van der Waals surface area contributed by atoms with Crippen LogP contribution in [0.2, 0.25) is 0 Å². The van der Waals surface area contributed by atoms with Crippen LogP contribution in [0.5, 0.6) is 0 Å². The predicted octanol–water partition coefficient (Wildman–Crippen LogP) is 4.53. The van der Waals surface area contributed by atoms with Crippen LogP contribution in [0.3, 0.4) is 0 Å². The van der Waals surface area contributed by atoms with Crippen LogP contribution in [0.1, 0.15) is 5.56 Å². The van der Waals surface area contributed by atoms with Crippen LogP contribution in [0.25, 0.3) is 6.08 Å². The Morgan fingerprint density at radius 3 is 2.20 bits per heavy atom. The smallest absolute Gasteiger partial charge is 0.130 e. The second-order valence-corrected chi connectivity index (χ2v) is 3.88. The van der Waals surface area contributed by atoms with Crippen LogP contribution in [0.4, 0.5) is 11.4 Å². The number of hydrogen-bond donors (Lipinski definition) is 0. The Labute approximate surface area is 116 Å². The van der Waals surface area contributed by atoms with Gasteiger partial charge in [0.15, 0.2) is 0 Å². The Bertz CT molecular complexity index is 715. The van der Waals surface area contributed by atoms with Gasteiger partial charge in [-0.05, 0) is 24.3 Å². The zero-order valence-corrected chi connectivity index (χ0v) is 10.6. The van der Waals surface area contributed by atoms with Gasteiger partial charge < -0.3 is 0 Å². The van der Waals surface area contributed by atoms with Crippen LogP contribution < -0.4 is 0 Å². The zero-order valence-electron chi connectivity index (χ0n) is 10.6. The number of benzene rings is 2. The van der Waals surface area contributed by atoms with Gasteiger partial charge in [0.25, 0.3) is 0 Å². The Morgan fingerprint density at radius 2 is 1.50 bits per heavy atom. The monoisotopic (exact) mass is 258 g/mol.